The maximum absolute atomic E-state index is 14.1. The van der Waals surface area contributed by atoms with Gasteiger partial charge in [-0.25, -0.2) is 4.79 Å². The molecule has 27 N–H and O–H groups in total. The number of carboxylic acid groups (broad SMARTS) is 5. The highest BCUT2D eigenvalue weighted by atomic mass is 16.4. The Morgan fingerprint density at radius 3 is 1.44 bits per heavy atom. The predicted molar refractivity (Wildman–Crippen MR) is 404 cm³/mol. The molecule has 44 heteroatoms. The number of amides is 14. The molecule has 0 bridgehead atoms. The number of carbonyl (C=O) groups is 20. The number of hydrogen-bond donors (Lipinski definition) is 24. The number of aromatic nitrogens is 1. The summed E-state index contributed by atoms with van der Waals surface area (Å²) in [6, 6.07) is -8.39. The Labute approximate surface area is 663 Å². The normalized spacial score (nSPS) is 14.3. The first-order chi connectivity index (χ1) is 54.7. The van der Waals surface area contributed by atoms with E-state index in [2.05, 4.69) is 65.1 Å². The summed E-state index contributed by atoms with van der Waals surface area (Å²) in [5, 5.41) is 97.9. The average Bonchev–Trinajstić information content (AvgIpc) is 1.68. The lowest BCUT2D eigenvalue weighted by molar-refractivity contribution is -0.143. The van der Waals surface area contributed by atoms with Crippen LogP contribution >= 0.6 is 0 Å². The summed E-state index contributed by atoms with van der Waals surface area (Å²) in [4.78, 5) is 265. The minimum Gasteiger partial charge on any atom is -0.481 e. The third kappa shape index (κ3) is 34.7. The van der Waals surface area contributed by atoms with Crippen LogP contribution in [0.3, 0.4) is 0 Å². The van der Waals surface area contributed by atoms with Crippen LogP contribution in [0.15, 0.2) is 54.7 Å². The third-order valence-electron chi connectivity index (χ3n) is 17.6. The predicted octanol–water partition coefficient (Wildman–Crippen LogP) is -6.10. The summed E-state index contributed by atoms with van der Waals surface area (Å²) >= 11 is 0. The van der Waals surface area contributed by atoms with Gasteiger partial charge in [0, 0.05) is 47.6 Å². The van der Waals surface area contributed by atoms with E-state index in [0.29, 0.717) is 22.9 Å². The van der Waals surface area contributed by atoms with Gasteiger partial charge in [0.15, 0.2) is 5.78 Å². The maximum Gasteiger partial charge on any atom is 0.326 e. The number of Topliss-reactive ketones (excluding diaryl/α,β-unsaturated/α-hetero) is 1. The van der Waals surface area contributed by atoms with Gasteiger partial charge in [0.2, 0.25) is 82.7 Å². The molecule has 0 aliphatic heterocycles. The molecule has 1 heterocycles. The van der Waals surface area contributed by atoms with Crippen molar-refractivity contribution in [3.8, 4) is 0 Å². The van der Waals surface area contributed by atoms with E-state index in [1.807, 2.05) is 16.0 Å². The fourth-order valence-electron chi connectivity index (χ4n) is 11.4. The second-order valence-electron chi connectivity index (χ2n) is 27.2. The van der Waals surface area contributed by atoms with Crippen LogP contribution in [0.1, 0.15) is 146 Å². The van der Waals surface area contributed by atoms with Crippen molar-refractivity contribution in [2.45, 2.75) is 209 Å². The lowest BCUT2D eigenvalue weighted by Crippen LogP contribution is -2.61. The quantitative estimate of drug-likeness (QED) is 0.0142. The van der Waals surface area contributed by atoms with Gasteiger partial charge in [0.05, 0.1) is 57.9 Å². The number of aliphatic carboxylic acids is 5. The van der Waals surface area contributed by atoms with Crippen LogP contribution in [0.4, 0.5) is 5.69 Å². The summed E-state index contributed by atoms with van der Waals surface area (Å²) in [7, 11) is 0. The second kappa shape index (κ2) is 49.7. The maximum atomic E-state index is 14.1. The molecule has 0 saturated carbocycles. The molecule has 14 amide bonds. The zero-order chi connectivity index (χ0) is 87.1. The number of anilines is 1. The van der Waals surface area contributed by atoms with Crippen molar-refractivity contribution in [3.63, 3.8) is 0 Å². The third-order valence-corrected chi connectivity index (χ3v) is 17.6. The van der Waals surface area contributed by atoms with Crippen molar-refractivity contribution >= 4 is 135 Å². The Kier molecular flexibility index (Phi) is 41.7. The van der Waals surface area contributed by atoms with Crippen molar-refractivity contribution in [1.82, 2.24) is 74.1 Å². The van der Waals surface area contributed by atoms with Gasteiger partial charge in [0.25, 0.3) is 0 Å². The number of para-hydroxylation sites is 2. The number of hydrogen-bond acceptors (Lipinski definition) is 24. The van der Waals surface area contributed by atoms with Crippen molar-refractivity contribution in [3.05, 3.63) is 65.9 Å². The summed E-state index contributed by atoms with van der Waals surface area (Å²) < 4.78 is 0. The van der Waals surface area contributed by atoms with Crippen LogP contribution in [0.25, 0.3) is 10.9 Å². The number of aromatic amines is 1. The van der Waals surface area contributed by atoms with Crippen LogP contribution in [-0.4, -0.2) is 258 Å². The van der Waals surface area contributed by atoms with Gasteiger partial charge in [-0.3, -0.25) is 91.1 Å². The van der Waals surface area contributed by atoms with Crippen molar-refractivity contribution < 1.29 is 132 Å². The number of nitrogen functional groups attached to an aromatic ring is 1. The first-order valence-corrected chi connectivity index (χ1v) is 36.9. The van der Waals surface area contributed by atoms with E-state index in [4.69, 9.17) is 17.2 Å². The molecule has 0 saturated heterocycles. The SMILES string of the molecule is CCCCCCCCCC(=O)N[C@@H](Cc1c[nH]c2ccccc12)C(=O)N[C@H](CC(N)=O)C(=O)N[C@@H](CC(=O)O)C(=O)N[C@H](C(=O)NCC(=O)N[C@@H](CCCN)C(=O)N[C@@H](CC(=O)O)C(=O)N[C@H](C)C(=O)N[C@@H](CC(=O)O)C(=O)NCC(=O)N[C@H](CO)C(=O)N[C@H](C(=O)N[C@@H](CC(=O)c1ccccc1N)C(=O)O)[C@H](C)CC(=O)O)[C@@H](C)O. The number of aliphatic hydroxyl groups is 2. The van der Waals surface area contributed by atoms with Crippen molar-refractivity contribution in [2.24, 2.45) is 17.4 Å². The number of primary amides is 1. The smallest absolute Gasteiger partial charge is 0.326 e. The van der Waals surface area contributed by atoms with Crippen molar-refractivity contribution in [2.75, 3.05) is 32.0 Å². The molecule has 0 radical (unpaired) electrons. The zero-order valence-electron chi connectivity index (χ0n) is 64.1. The molecule has 13 atom stereocenters. The molecule has 0 unspecified atom stereocenters. The number of unbranched alkanes of at least 4 members (excludes halogenated alkanes) is 6. The standard InChI is InChI=1S/C72H103N17O27/c1-5-6-7-8-9-10-11-22-53(94)81-44(25-38-31-76-42-20-15-13-17-39(38)42)66(109)84-45(27-52(75)93)67(110)86-48(30-59(103)104)68(111)89-61(37(4)91)70(113)78-33-54(95)80-43(21-16-23-73)64(107)85-47(29-58(101)102)65(108)79-36(3)62(105)83-46(28-57(99)100)63(106)77-32-55(96)82-50(34-90)69(112)88-60(35(2)24-56(97)98)71(114)87-49(72(115)116)26-51(92)40-18-12-14-19-41(40)74/h12-15,17-20,31,35-37,43-50,60-61,76,90-91H,5-11,16,21-30,32-34,73-74H2,1-4H3,(H2,75,93)(H,77,106)(H,78,113)(H,79,108)(H,80,95)(H,81,94)(H,82,96)(H,83,105)(H,84,109)(H,85,107)(H,86,110)(H,87,114)(H,88,112)(H,89,111)(H,97,98)(H,99,100)(H,101,102)(H,103,104)(H,115,116)/t35-,36-,37-,43+,44+,45-,46+,47+,48+,49+,50-,60+,61+/m1/s1. The highest BCUT2D eigenvalue weighted by molar-refractivity contribution is 6.05. The molecule has 638 valence electrons. The Morgan fingerprint density at radius 1 is 0.440 bits per heavy atom. The number of carboxylic acids is 5. The van der Waals surface area contributed by atoms with Crippen LogP contribution < -0.4 is 86.3 Å². The zero-order valence-corrected chi connectivity index (χ0v) is 64.1. The molecule has 1 aromatic heterocycles. The Bertz CT molecular complexity index is 4020. The molecule has 0 spiro atoms. The first kappa shape index (κ1) is 97.5. The number of benzene rings is 2. The summed E-state index contributed by atoms with van der Waals surface area (Å²) in [6.45, 7) is 1.60. The van der Waals surface area contributed by atoms with E-state index < -0.39 is 255 Å². The summed E-state index contributed by atoms with van der Waals surface area (Å²) in [5.74, 6) is -27.9. The largest absolute Gasteiger partial charge is 0.481 e. The number of aliphatic hydroxyl groups excluding tert-OH is 2. The molecule has 0 fully saturated rings. The van der Waals surface area contributed by atoms with E-state index in [0.717, 1.165) is 59.3 Å². The number of carbonyl (C=O) groups excluding carboxylic acids is 15. The van der Waals surface area contributed by atoms with Gasteiger partial charge in [-0.05, 0) is 69.3 Å². The topological polar surface area (TPSA) is 733 Å². The Morgan fingerprint density at radius 2 is 0.897 bits per heavy atom. The van der Waals surface area contributed by atoms with Gasteiger partial charge in [-0.1, -0.05) is 82.7 Å². The Hall–Kier alpha value is -12.7. The van der Waals surface area contributed by atoms with Gasteiger partial charge in [0.1, 0.15) is 66.5 Å². The minimum atomic E-state index is -2.13. The molecule has 3 rings (SSSR count). The van der Waals surface area contributed by atoms with Crippen LogP contribution in [0.2, 0.25) is 0 Å². The fourth-order valence-corrected chi connectivity index (χ4v) is 11.4. The Balaban J connectivity index is 1.70. The molecule has 44 nitrogen and oxygen atoms in total. The molecule has 2 aromatic carbocycles. The van der Waals surface area contributed by atoms with Crippen LogP contribution in [0.5, 0.6) is 0 Å². The van der Waals surface area contributed by atoms with Crippen molar-refractivity contribution in [1.29, 1.82) is 0 Å². The van der Waals surface area contributed by atoms with E-state index in [-0.39, 0.29) is 43.5 Å². The number of nitrogens with two attached hydrogens (primary N) is 3. The number of rotatable bonds is 55. The highest BCUT2D eigenvalue weighted by Crippen LogP contribution is 2.21. The number of H-pyrrole nitrogens is 1. The molecule has 0 aliphatic carbocycles. The van der Waals surface area contributed by atoms with E-state index in [1.165, 1.54) is 24.3 Å². The fraction of sp³-hybridized carbons (Fsp3) is 0.528. The highest BCUT2D eigenvalue weighted by Gasteiger charge is 2.39. The lowest BCUT2D eigenvalue weighted by atomic mass is 9.96. The van der Waals surface area contributed by atoms with E-state index in [1.54, 1.807) is 30.5 Å². The van der Waals surface area contributed by atoms with Crippen LogP contribution in [0, 0.1) is 5.92 Å². The summed E-state index contributed by atoms with van der Waals surface area (Å²) in [6.07, 6.45) is -0.693. The van der Waals surface area contributed by atoms with E-state index in [9.17, 15) is 132 Å². The molecule has 116 heavy (non-hydrogen) atoms. The number of ketones is 1. The average molecular weight is 1640 g/mol. The first-order valence-electron chi connectivity index (χ1n) is 36.9. The summed E-state index contributed by atoms with van der Waals surface area (Å²) in [5.41, 5.74) is 18.1. The number of fused-ring (bicyclic) bond motifs is 1. The lowest BCUT2D eigenvalue weighted by Gasteiger charge is -2.27. The second-order valence-corrected chi connectivity index (χ2v) is 27.2. The van der Waals surface area contributed by atoms with Gasteiger partial charge >= 0.3 is 29.8 Å². The molecular formula is C72H103N17O27. The van der Waals surface area contributed by atoms with Crippen LogP contribution in [-0.2, 0) is 97.5 Å². The molecule has 0 aliphatic rings. The van der Waals surface area contributed by atoms with Gasteiger partial charge in [-0.15, -0.1) is 0 Å². The van der Waals surface area contributed by atoms with E-state index >= 15 is 0 Å². The van der Waals surface area contributed by atoms with Gasteiger partial charge < -0.3 is 127 Å². The van der Waals surface area contributed by atoms with Gasteiger partial charge in [-0.2, -0.15) is 0 Å². The minimum absolute atomic E-state index is 0.0168. The molecule has 3 aromatic rings. The molecular weight excluding hydrogens is 1530 g/mol. The monoisotopic (exact) mass is 1640 g/mol. The number of nitrogens with one attached hydrogen (secondary N) is 14.